The maximum absolute atomic E-state index is 5.52. The average molecular weight is 304 g/mol. The molecule has 3 heteroatoms. The number of rotatable bonds is 10. The van der Waals surface area contributed by atoms with Crippen LogP contribution in [0.4, 0.5) is 0 Å². The first-order valence-electron chi connectivity index (χ1n) is 7.85. The SMILES string of the molecule is CCCOC=C(C)c1ccc(C(C)=COCCCOC)cc1. The lowest BCUT2D eigenvalue weighted by molar-refractivity contribution is 0.157. The molecule has 1 rings (SSSR count). The van der Waals surface area contributed by atoms with E-state index in [1.807, 2.05) is 12.5 Å². The van der Waals surface area contributed by atoms with Crippen molar-refractivity contribution in [2.75, 3.05) is 26.9 Å². The number of ether oxygens (including phenoxy) is 3. The second-order valence-corrected chi connectivity index (χ2v) is 5.27. The van der Waals surface area contributed by atoms with Crippen molar-refractivity contribution in [3.63, 3.8) is 0 Å². The Morgan fingerprint density at radius 2 is 1.36 bits per heavy atom. The van der Waals surface area contributed by atoms with Crippen LogP contribution < -0.4 is 0 Å². The van der Waals surface area contributed by atoms with E-state index in [9.17, 15) is 0 Å². The van der Waals surface area contributed by atoms with Gasteiger partial charge in [0.05, 0.1) is 25.7 Å². The maximum atomic E-state index is 5.52. The number of benzene rings is 1. The zero-order valence-corrected chi connectivity index (χ0v) is 14.2. The lowest BCUT2D eigenvalue weighted by atomic mass is 10.0. The Labute approximate surface area is 134 Å². The van der Waals surface area contributed by atoms with E-state index in [1.165, 1.54) is 5.56 Å². The number of allylic oxidation sites excluding steroid dienone is 2. The average Bonchev–Trinajstić information content (AvgIpc) is 2.54. The van der Waals surface area contributed by atoms with Gasteiger partial charge in [-0.15, -0.1) is 0 Å². The summed E-state index contributed by atoms with van der Waals surface area (Å²) in [5.41, 5.74) is 4.59. The summed E-state index contributed by atoms with van der Waals surface area (Å²) in [6.07, 6.45) is 5.58. The van der Waals surface area contributed by atoms with Crippen LogP contribution in [0.25, 0.3) is 11.1 Å². The van der Waals surface area contributed by atoms with Crippen molar-refractivity contribution in [3.8, 4) is 0 Å². The molecule has 0 saturated carbocycles. The van der Waals surface area contributed by atoms with Crippen LogP contribution in [-0.4, -0.2) is 26.9 Å². The lowest BCUT2D eigenvalue weighted by Gasteiger charge is -2.07. The molecule has 0 aromatic heterocycles. The molecule has 1 aromatic carbocycles. The van der Waals surface area contributed by atoms with Gasteiger partial charge in [-0.25, -0.2) is 0 Å². The summed E-state index contributed by atoms with van der Waals surface area (Å²) in [6.45, 7) is 8.39. The van der Waals surface area contributed by atoms with Gasteiger partial charge in [-0.2, -0.15) is 0 Å². The fraction of sp³-hybridized carbons (Fsp3) is 0.474. The number of hydrogen-bond donors (Lipinski definition) is 0. The Bertz CT molecular complexity index is 472. The van der Waals surface area contributed by atoms with Crippen LogP contribution in [0.3, 0.4) is 0 Å². The number of methoxy groups -OCH3 is 1. The minimum Gasteiger partial charge on any atom is -0.501 e. The molecule has 0 heterocycles. The van der Waals surface area contributed by atoms with Crippen LogP contribution in [-0.2, 0) is 14.2 Å². The fourth-order valence-electron chi connectivity index (χ4n) is 1.90. The molecule has 0 N–H and O–H groups in total. The minimum absolute atomic E-state index is 0.680. The third-order valence-corrected chi connectivity index (χ3v) is 3.25. The zero-order valence-electron chi connectivity index (χ0n) is 14.2. The van der Waals surface area contributed by atoms with Crippen molar-refractivity contribution in [2.24, 2.45) is 0 Å². The molecule has 122 valence electrons. The van der Waals surface area contributed by atoms with Gasteiger partial charge in [0.1, 0.15) is 0 Å². The predicted molar refractivity (Wildman–Crippen MR) is 92.4 cm³/mol. The van der Waals surface area contributed by atoms with Gasteiger partial charge in [0.2, 0.25) is 0 Å². The summed E-state index contributed by atoms with van der Waals surface area (Å²) < 4.78 is 16.0. The maximum Gasteiger partial charge on any atom is 0.0895 e. The monoisotopic (exact) mass is 304 g/mol. The first-order chi connectivity index (χ1) is 10.7. The van der Waals surface area contributed by atoms with Crippen molar-refractivity contribution in [2.45, 2.75) is 33.6 Å². The van der Waals surface area contributed by atoms with E-state index in [1.54, 1.807) is 7.11 Å². The van der Waals surface area contributed by atoms with Gasteiger partial charge in [0.25, 0.3) is 0 Å². The highest BCUT2D eigenvalue weighted by Gasteiger charge is 1.99. The molecule has 0 aliphatic carbocycles. The molecule has 0 atom stereocenters. The normalized spacial score (nSPS) is 12.4. The second kappa shape index (κ2) is 10.9. The third kappa shape index (κ3) is 6.81. The lowest BCUT2D eigenvalue weighted by Crippen LogP contribution is -1.95. The van der Waals surface area contributed by atoms with E-state index < -0.39 is 0 Å². The van der Waals surface area contributed by atoms with Gasteiger partial charge in [0.15, 0.2) is 0 Å². The molecule has 3 nitrogen and oxygen atoms in total. The largest absolute Gasteiger partial charge is 0.501 e. The summed E-state index contributed by atoms with van der Waals surface area (Å²) >= 11 is 0. The Kier molecular flexibility index (Phi) is 9.08. The fourth-order valence-corrected chi connectivity index (χ4v) is 1.90. The van der Waals surface area contributed by atoms with Crippen LogP contribution in [0.1, 0.15) is 44.7 Å². The van der Waals surface area contributed by atoms with Gasteiger partial charge >= 0.3 is 0 Å². The molecule has 0 amide bonds. The van der Waals surface area contributed by atoms with Gasteiger partial charge in [-0.1, -0.05) is 31.2 Å². The molecular weight excluding hydrogens is 276 g/mol. The van der Waals surface area contributed by atoms with Crippen molar-refractivity contribution in [3.05, 3.63) is 47.9 Å². The van der Waals surface area contributed by atoms with Crippen LogP contribution in [0, 0.1) is 0 Å². The molecule has 0 aliphatic rings. The zero-order chi connectivity index (χ0) is 16.2. The standard InChI is InChI=1S/C19H28O3/c1-5-11-21-14-16(2)18-7-9-19(10-8-18)17(3)15-22-13-6-12-20-4/h7-10,14-15H,5-6,11-13H2,1-4H3. The molecule has 0 aliphatic heterocycles. The molecule has 22 heavy (non-hydrogen) atoms. The summed E-state index contributed by atoms with van der Waals surface area (Å²) in [5.74, 6) is 0. The highest BCUT2D eigenvalue weighted by atomic mass is 16.5. The van der Waals surface area contributed by atoms with Crippen LogP contribution >= 0.6 is 0 Å². The topological polar surface area (TPSA) is 27.7 Å². The highest BCUT2D eigenvalue weighted by molar-refractivity contribution is 5.68. The van der Waals surface area contributed by atoms with Crippen LogP contribution in [0.15, 0.2) is 36.8 Å². The molecule has 0 fully saturated rings. The molecular formula is C19H28O3. The molecule has 0 radical (unpaired) electrons. The Morgan fingerprint density at radius 3 is 1.82 bits per heavy atom. The summed E-state index contributed by atoms with van der Waals surface area (Å²) in [6, 6.07) is 8.44. The van der Waals surface area contributed by atoms with Crippen molar-refractivity contribution < 1.29 is 14.2 Å². The van der Waals surface area contributed by atoms with Crippen molar-refractivity contribution >= 4 is 11.1 Å². The second-order valence-electron chi connectivity index (χ2n) is 5.27. The van der Waals surface area contributed by atoms with E-state index in [4.69, 9.17) is 14.2 Å². The van der Waals surface area contributed by atoms with Gasteiger partial charge in [-0.05, 0) is 42.5 Å². The summed E-state index contributed by atoms with van der Waals surface area (Å²) in [4.78, 5) is 0. The molecule has 0 bridgehead atoms. The molecule has 1 aromatic rings. The minimum atomic E-state index is 0.680. The van der Waals surface area contributed by atoms with E-state index >= 15 is 0 Å². The van der Waals surface area contributed by atoms with E-state index in [0.29, 0.717) is 6.61 Å². The Morgan fingerprint density at radius 1 is 0.864 bits per heavy atom. The van der Waals surface area contributed by atoms with E-state index in [2.05, 4.69) is 45.0 Å². The molecule has 0 unspecified atom stereocenters. The van der Waals surface area contributed by atoms with Crippen LogP contribution in [0.5, 0.6) is 0 Å². The van der Waals surface area contributed by atoms with Crippen molar-refractivity contribution in [1.29, 1.82) is 0 Å². The third-order valence-electron chi connectivity index (χ3n) is 3.25. The van der Waals surface area contributed by atoms with Gasteiger partial charge in [-0.3, -0.25) is 0 Å². The van der Waals surface area contributed by atoms with Gasteiger partial charge < -0.3 is 14.2 Å². The summed E-state index contributed by atoms with van der Waals surface area (Å²) in [5, 5.41) is 0. The molecule has 0 spiro atoms. The quantitative estimate of drug-likeness (QED) is 0.455. The van der Waals surface area contributed by atoms with E-state index in [-0.39, 0.29) is 0 Å². The summed E-state index contributed by atoms with van der Waals surface area (Å²) in [7, 11) is 1.70. The molecule has 0 saturated heterocycles. The first-order valence-corrected chi connectivity index (χ1v) is 7.85. The first kappa shape index (κ1) is 18.3. The van der Waals surface area contributed by atoms with Crippen LogP contribution in [0.2, 0.25) is 0 Å². The smallest absolute Gasteiger partial charge is 0.0895 e. The highest BCUT2D eigenvalue weighted by Crippen LogP contribution is 2.19. The van der Waals surface area contributed by atoms with E-state index in [0.717, 1.165) is 42.8 Å². The number of hydrogen-bond acceptors (Lipinski definition) is 3. The van der Waals surface area contributed by atoms with Gasteiger partial charge in [0, 0.05) is 20.1 Å². The Balaban J connectivity index is 2.56. The Hall–Kier alpha value is -1.74. The predicted octanol–water partition coefficient (Wildman–Crippen LogP) is 4.89. The van der Waals surface area contributed by atoms with Crippen molar-refractivity contribution in [1.82, 2.24) is 0 Å².